The number of sulfone groups is 1. The molecule has 28 heavy (non-hydrogen) atoms. The van der Waals surface area contributed by atoms with E-state index >= 15 is 0 Å². The van der Waals surface area contributed by atoms with Crippen LogP contribution in [-0.2, 0) is 16.3 Å². The summed E-state index contributed by atoms with van der Waals surface area (Å²) in [6.45, 7) is 4.25. The lowest BCUT2D eigenvalue weighted by molar-refractivity contribution is 0.252. The maximum atomic E-state index is 12.4. The molecule has 148 valence electrons. The Hall–Kier alpha value is -2.45. The van der Waals surface area contributed by atoms with Gasteiger partial charge < -0.3 is 10.6 Å². The van der Waals surface area contributed by atoms with Crippen LogP contribution in [0.2, 0.25) is 0 Å². The summed E-state index contributed by atoms with van der Waals surface area (Å²) in [5.41, 5.74) is 2.37. The van der Waals surface area contributed by atoms with Crippen LogP contribution in [0, 0.1) is 5.92 Å². The summed E-state index contributed by atoms with van der Waals surface area (Å²) in [5, 5.41) is 5.60. The Balaban J connectivity index is 1.63. The molecule has 1 heterocycles. The van der Waals surface area contributed by atoms with Gasteiger partial charge >= 0.3 is 6.03 Å². The number of carbonyl (C=O) groups is 1. The number of rotatable bonds is 7. The zero-order valence-corrected chi connectivity index (χ0v) is 17.4. The van der Waals surface area contributed by atoms with Crippen molar-refractivity contribution in [1.82, 2.24) is 10.3 Å². The number of nitrogens with one attached hydrogen (secondary N) is 2. The third-order valence-corrected chi connectivity index (χ3v) is 7.54. The van der Waals surface area contributed by atoms with E-state index < -0.39 is 9.84 Å². The fourth-order valence-electron chi connectivity index (χ4n) is 2.76. The van der Waals surface area contributed by atoms with Crippen molar-refractivity contribution in [2.75, 3.05) is 17.6 Å². The van der Waals surface area contributed by atoms with Gasteiger partial charge in [-0.15, -0.1) is 11.3 Å². The van der Waals surface area contributed by atoms with Crippen LogP contribution in [0.15, 0.2) is 52.9 Å². The number of carbonyl (C=O) groups excluding carboxylic acids is 1. The standard InChI is InChI=1S/C20H23N3O3S2/c1-14(2)13-28(25,26)20-23-17-9-8-16(12-18(17)27-20)22-19(24)21-11-10-15-6-4-3-5-7-15/h3-9,12,14H,10-11,13H2,1-2H3,(H2,21,22,24). The SMILES string of the molecule is CC(C)CS(=O)(=O)c1nc2ccc(NC(=O)NCCc3ccccc3)cc2s1. The molecule has 2 amide bonds. The van der Waals surface area contributed by atoms with Crippen molar-refractivity contribution in [1.29, 1.82) is 0 Å². The summed E-state index contributed by atoms with van der Waals surface area (Å²) in [6.07, 6.45) is 0.749. The average Bonchev–Trinajstić information content (AvgIpc) is 3.06. The third-order valence-electron chi connectivity index (χ3n) is 3.99. The molecule has 0 radical (unpaired) electrons. The number of hydrogen-bond donors (Lipinski definition) is 2. The first-order valence-electron chi connectivity index (χ1n) is 9.05. The molecule has 1 aromatic heterocycles. The van der Waals surface area contributed by atoms with E-state index in [0.717, 1.165) is 28.0 Å². The number of hydrogen-bond acceptors (Lipinski definition) is 5. The van der Waals surface area contributed by atoms with E-state index in [1.165, 1.54) is 0 Å². The molecule has 2 N–H and O–H groups in total. The predicted octanol–water partition coefficient (Wildman–Crippen LogP) is 4.09. The maximum Gasteiger partial charge on any atom is 0.319 e. The van der Waals surface area contributed by atoms with E-state index in [2.05, 4.69) is 15.6 Å². The number of thiazole rings is 1. The van der Waals surface area contributed by atoms with E-state index in [0.29, 0.717) is 17.7 Å². The molecule has 0 aliphatic heterocycles. The van der Waals surface area contributed by atoms with Gasteiger partial charge in [0, 0.05) is 12.2 Å². The minimum absolute atomic E-state index is 0.0359. The smallest absolute Gasteiger partial charge is 0.319 e. The van der Waals surface area contributed by atoms with Crippen LogP contribution in [0.3, 0.4) is 0 Å². The minimum atomic E-state index is -3.39. The van der Waals surface area contributed by atoms with Crippen LogP contribution in [-0.4, -0.2) is 31.7 Å². The molecule has 0 bridgehead atoms. The van der Waals surface area contributed by atoms with Crippen LogP contribution < -0.4 is 10.6 Å². The molecule has 3 aromatic rings. The molecule has 0 saturated heterocycles. The lowest BCUT2D eigenvalue weighted by atomic mass is 10.1. The number of nitrogens with zero attached hydrogens (tertiary/aromatic N) is 1. The first kappa shape index (κ1) is 20.3. The number of aromatic nitrogens is 1. The van der Waals surface area contributed by atoms with Gasteiger partial charge in [0.25, 0.3) is 0 Å². The summed E-state index contributed by atoms with van der Waals surface area (Å²) in [4.78, 5) is 16.3. The van der Waals surface area contributed by atoms with Gasteiger partial charge in [-0.25, -0.2) is 18.2 Å². The van der Waals surface area contributed by atoms with E-state index in [9.17, 15) is 13.2 Å². The third kappa shape index (κ3) is 5.30. The molecule has 2 aromatic carbocycles. The molecular weight excluding hydrogens is 394 g/mol. The quantitative estimate of drug-likeness (QED) is 0.606. The van der Waals surface area contributed by atoms with Gasteiger partial charge in [0.2, 0.25) is 14.2 Å². The minimum Gasteiger partial charge on any atom is -0.338 e. The fraction of sp³-hybridized carbons (Fsp3) is 0.300. The average molecular weight is 418 g/mol. The van der Waals surface area contributed by atoms with Crippen molar-refractivity contribution in [2.24, 2.45) is 5.92 Å². The Bertz CT molecular complexity index is 1060. The van der Waals surface area contributed by atoms with Crippen LogP contribution in [0.5, 0.6) is 0 Å². The highest BCUT2D eigenvalue weighted by Gasteiger charge is 2.21. The predicted molar refractivity (Wildman–Crippen MR) is 114 cm³/mol. The van der Waals surface area contributed by atoms with Gasteiger partial charge in [0.05, 0.1) is 16.0 Å². The van der Waals surface area contributed by atoms with Gasteiger partial charge in [0.15, 0.2) is 0 Å². The Kier molecular flexibility index (Phi) is 6.31. The van der Waals surface area contributed by atoms with E-state index in [-0.39, 0.29) is 22.0 Å². The number of fused-ring (bicyclic) bond motifs is 1. The highest BCUT2D eigenvalue weighted by Crippen LogP contribution is 2.29. The number of amides is 2. The molecule has 0 unspecified atom stereocenters. The van der Waals surface area contributed by atoms with Gasteiger partial charge in [-0.2, -0.15) is 0 Å². The second-order valence-electron chi connectivity index (χ2n) is 6.95. The highest BCUT2D eigenvalue weighted by atomic mass is 32.2. The van der Waals surface area contributed by atoms with Crippen molar-refractivity contribution < 1.29 is 13.2 Å². The molecule has 0 atom stereocenters. The Morgan fingerprint density at radius 3 is 2.61 bits per heavy atom. The zero-order valence-electron chi connectivity index (χ0n) is 15.8. The Morgan fingerprint density at radius 1 is 1.14 bits per heavy atom. The monoisotopic (exact) mass is 417 g/mol. The molecule has 0 fully saturated rings. The van der Waals surface area contributed by atoms with Gasteiger partial charge in [-0.1, -0.05) is 44.2 Å². The van der Waals surface area contributed by atoms with Crippen LogP contribution >= 0.6 is 11.3 Å². The number of anilines is 1. The Morgan fingerprint density at radius 2 is 1.89 bits per heavy atom. The van der Waals surface area contributed by atoms with Crippen LogP contribution in [0.4, 0.5) is 10.5 Å². The van der Waals surface area contributed by atoms with Crippen LogP contribution in [0.25, 0.3) is 10.2 Å². The second kappa shape index (κ2) is 8.70. The largest absolute Gasteiger partial charge is 0.338 e. The highest BCUT2D eigenvalue weighted by molar-refractivity contribution is 7.93. The van der Waals surface area contributed by atoms with Crippen molar-refractivity contribution in [3.05, 3.63) is 54.1 Å². The maximum absolute atomic E-state index is 12.4. The van der Waals surface area contributed by atoms with Crippen molar-refractivity contribution >= 4 is 43.1 Å². The summed E-state index contributed by atoms with van der Waals surface area (Å²) >= 11 is 1.13. The number of urea groups is 1. The number of benzene rings is 2. The van der Waals surface area contributed by atoms with Crippen molar-refractivity contribution in [2.45, 2.75) is 24.6 Å². The van der Waals surface area contributed by atoms with Crippen molar-refractivity contribution in [3.8, 4) is 0 Å². The van der Waals surface area contributed by atoms with Gasteiger partial charge in [-0.05, 0) is 36.1 Å². The summed E-state index contributed by atoms with van der Waals surface area (Å²) in [6, 6.07) is 14.8. The molecular formula is C20H23N3O3S2. The molecule has 0 aliphatic rings. The first-order valence-corrected chi connectivity index (χ1v) is 11.5. The lowest BCUT2D eigenvalue weighted by Gasteiger charge is -2.07. The molecule has 6 nitrogen and oxygen atoms in total. The fourth-order valence-corrected chi connectivity index (χ4v) is 5.74. The summed E-state index contributed by atoms with van der Waals surface area (Å²) < 4.78 is 25.6. The topological polar surface area (TPSA) is 88.2 Å². The first-order chi connectivity index (χ1) is 13.3. The second-order valence-corrected chi connectivity index (χ2v) is 10.2. The van der Waals surface area contributed by atoms with Crippen LogP contribution in [0.1, 0.15) is 19.4 Å². The summed E-state index contributed by atoms with van der Waals surface area (Å²) in [7, 11) is -3.39. The normalized spacial score (nSPS) is 11.7. The molecule has 0 saturated carbocycles. The lowest BCUT2D eigenvalue weighted by Crippen LogP contribution is -2.30. The zero-order chi connectivity index (χ0) is 20.1. The molecule has 8 heteroatoms. The van der Waals surface area contributed by atoms with Gasteiger partial charge in [-0.3, -0.25) is 0 Å². The molecule has 3 rings (SSSR count). The van der Waals surface area contributed by atoms with Crippen molar-refractivity contribution in [3.63, 3.8) is 0 Å². The summed E-state index contributed by atoms with van der Waals surface area (Å²) in [5.74, 6) is 0.107. The Labute approximate surface area is 168 Å². The van der Waals surface area contributed by atoms with E-state index in [1.54, 1.807) is 18.2 Å². The molecule has 0 spiro atoms. The van der Waals surface area contributed by atoms with E-state index in [1.807, 2.05) is 44.2 Å². The van der Waals surface area contributed by atoms with Gasteiger partial charge in [0.1, 0.15) is 0 Å². The van der Waals surface area contributed by atoms with E-state index in [4.69, 9.17) is 0 Å². The molecule has 0 aliphatic carbocycles.